The van der Waals surface area contributed by atoms with E-state index in [1.54, 1.807) is 17.9 Å². The molecule has 1 aromatic heterocycles. The lowest BCUT2D eigenvalue weighted by Crippen LogP contribution is -2.37. The highest BCUT2D eigenvalue weighted by Gasteiger charge is 2.17. The predicted octanol–water partition coefficient (Wildman–Crippen LogP) is 1.77. The monoisotopic (exact) mass is 341 g/mol. The highest BCUT2D eigenvalue weighted by atomic mass is 127. The number of nitrogens with zero attached hydrogens (tertiary/aromatic N) is 2. The predicted molar refractivity (Wildman–Crippen MR) is 68.2 cm³/mol. The highest BCUT2D eigenvalue weighted by molar-refractivity contribution is 14.1. The number of carbonyl (C=O) groups excluding carboxylic acids is 1. The fourth-order valence-electron chi connectivity index (χ4n) is 0.974. The van der Waals surface area contributed by atoms with Crippen molar-refractivity contribution < 1.29 is 4.79 Å². The molecule has 0 bridgehead atoms. The van der Waals surface area contributed by atoms with Crippen LogP contribution in [0.15, 0.2) is 6.20 Å². The van der Waals surface area contributed by atoms with Crippen LogP contribution in [0.2, 0.25) is 0 Å². The summed E-state index contributed by atoms with van der Waals surface area (Å²) in [6.07, 6.45) is 1.56. The maximum Gasteiger partial charge on any atom is 0.255 e. The molecule has 0 fully saturated rings. The summed E-state index contributed by atoms with van der Waals surface area (Å²) in [6.45, 7) is 3.72. The third kappa shape index (κ3) is 3.07. The van der Waals surface area contributed by atoms with Crippen molar-refractivity contribution in [2.75, 3.05) is 0 Å². The highest BCUT2D eigenvalue weighted by Crippen LogP contribution is 2.11. The first-order valence-electron chi connectivity index (χ1n) is 4.56. The molecule has 84 valence electrons. The van der Waals surface area contributed by atoms with Crippen LogP contribution in [-0.4, -0.2) is 27.1 Å². The molecule has 0 radical (unpaired) electrons. The number of carbonyl (C=O) groups is 1. The Kier molecular flexibility index (Phi) is 4.39. The smallest absolute Gasteiger partial charge is 0.255 e. The van der Waals surface area contributed by atoms with Gasteiger partial charge >= 0.3 is 0 Å². The van der Waals surface area contributed by atoms with Crippen molar-refractivity contribution in [1.82, 2.24) is 15.1 Å². The van der Waals surface area contributed by atoms with E-state index >= 15 is 0 Å². The Morgan fingerprint density at radius 1 is 1.67 bits per heavy atom. The van der Waals surface area contributed by atoms with Gasteiger partial charge in [-0.3, -0.25) is 9.48 Å². The van der Waals surface area contributed by atoms with Crippen molar-refractivity contribution in [2.45, 2.75) is 25.3 Å². The maximum atomic E-state index is 11.8. The van der Waals surface area contributed by atoms with Crippen LogP contribution >= 0.6 is 34.2 Å². The van der Waals surface area contributed by atoms with E-state index in [9.17, 15) is 4.79 Å². The van der Waals surface area contributed by atoms with Crippen LogP contribution < -0.4 is 5.32 Å². The summed E-state index contributed by atoms with van der Waals surface area (Å²) in [5.41, 5.74) is 0.585. The number of rotatable bonds is 3. The summed E-state index contributed by atoms with van der Waals surface area (Å²) in [7, 11) is 1.80. The van der Waals surface area contributed by atoms with Crippen LogP contribution in [-0.2, 0) is 7.05 Å². The van der Waals surface area contributed by atoms with Gasteiger partial charge in [-0.2, -0.15) is 5.10 Å². The lowest BCUT2D eigenvalue weighted by molar-refractivity contribution is 0.0938. The van der Waals surface area contributed by atoms with Gasteiger partial charge in [0.25, 0.3) is 5.91 Å². The van der Waals surface area contributed by atoms with Gasteiger partial charge in [-0.15, -0.1) is 11.6 Å². The van der Waals surface area contributed by atoms with E-state index in [2.05, 4.69) is 33.0 Å². The number of aryl methyl sites for hydroxylation is 1. The van der Waals surface area contributed by atoms with Crippen LogP contribution in [0.3, 0.4) is 0 Å². The van der Waals surface area contributed by atoms with Crippen molar-refractivity contribution in [1.29, 1.82) is 0 Å². The molecule has 2 unspecified atom stereocenters. The lowest BCUT2D eigenvalue weighted by atomic mass is 10.2. The van der Waals surface area contributed by atoms with Gasteiger partial charge in [0.15, 0.2) is 0 Å². The van der Waals surface area contributed by atoms with Crippen LogP contribution in [0.25, 0.3) is 0 Å². The third-order valence-corrected chi connectivity index (χ3v) is 3.82. The summed E-state index contributed by atoms with van der Waals surface area (Å²) in [4.78, 5) is 11.8. The number of hydrogen-bond acceptors (Lipinski definition) is 2. The Balaban J connectivity index is 2.74. The molecule has 1 amide bonds. The lowest BCUT2D eigenvalue weighted by Gasteiger charge is -2.15. The molecule has 1 rings (SSSR count). The van der Waals surface area contributed by atoms with Crippen molar-refractivity contribution >= 4 is 40.1 Å². The van der Waals surface area contributed by atoms with Crippen molar-refractivity contribution in [3.63, 3.8) is 0 Å². The molecule has 0 aliphatic heterocycles. The molecule has 1 aromatic rings. The fourth-order valence-corrected chi connectivity index (χ4v) is 1.55. The molecule has 1 heterocycles. The first-order chi connectivity index (χ1) is 6.93. The van der Waals surface area contributed by atoms with Gasteiger partial charge in [0.05, 0.1) is 17.1 Å². The standard InChI is InChI=1S/C9H13ClIN3O/c1-5(10)6(2)13-9(15)7-4-12-14(3)8(7)11/h4-6H,1-3H3,(H,13,15). The molecular weight excluding hydrogens is 328 g/mol. The molecule has 0 aromatic carbocycles. The second-order valence-corrected chi connectivity index (χ2v) is 5.12. The third-order valence-electron chi connectivity index (χ3n) is 2.16. The van der Waals surface area contributed by atoms with Gasteiger partial charge < -0.3 is 5.32 Å². The molecule has 15 heavy (non-hydrogen) atoms. The normalized spacial score (nSPS) is 14.7. The number of amides is 1. The molecule has 6 heteroatoms. The Morgan fingerprint density at radius 3 is 2.67 bits per heavy atom. The Labute approximate surface area is 108 Å². The Morgan fingerprint density at radius 2 is 2.27 bits per heavy atom. The number of aromatic nitrogens is 2. The van der Waals surface area contributed by atoms with E-state index in [1.165, 1.54) is 0 Å². The second kappa shape index (κ2) is 5.16. The molecule has 0 saturated heterocycles. The summed E-state index contributed by atoms with van der Waals surface area (Å²) >= 11 is 7.95. The SMILES string of the molecule is CC(Cl)C(C)NC(=O)c1cnn(C)c1I. The minimum absolute atomic E-state index is 0.0600. The molecule has 0 aliphatic rings. The zero-order valence-electron chi connectivity index (χ0n) is 8.79. The average Bonchev–Trinajstić information content (AvgIpc) is 2.47. The van der Waals surface area contributed by atoms with Gasteiger partial charge in [0.2, 0.25) is 0 Å². The van der Waals surface area contributed by atoms with Crippen molar-refractivity contribution in [2.24, 2.45) is 7.05 Å². The molecule has 0 aliphatic carbocycles. The molecule has 0 spiro atoms. The van der Waals surface area contributed by atoms with Crippen LogP contribution in [0, 0.1) is 3.70 Å². The van der Waals surface area contributed by atoms with Gasteiger partial charge in [-0.05, 0) is 36.4 Å². The number of nitrogens with one attached hydrogen (secondary N) is 1. The van der Waals surface area contributed by atoms with Crippen LogP contribution in [0.1, 0.15) is 24.2 Å². The van der Waals surface area contributed by atoms with Crippen molar-refractivity contribution in [3.05, 3.63) is 15.5 Å². The second-order valence-electron chi connectivity index (χ2n) is 3.41. The zero-order valence-corrected chi connectivity index (χ0v) is 11.7. The zero-order chi connectivity index (χ0) is 11.6. The van der Waals surface area contributed by atoms with E-state index in [4.69, 9.17) is 11.6 Å². The minimum atomic E-state index is -0.132. The van der Waals surface area contributed by atoms with E-state index < -0.39 is 0 Å². The summed E-state index contributed by atoms with van der Waals surface area (Å²) < 4.78 is 2.48. The summed E-state index contributed by atoms with van der Waals surface area (Å²) in [5.74, 6) is -0.132. The summed E-state index contributed by atoms with van der Waals surface area (Å²) in [6, 6.07) is -0.0600. The van der Waals surface area contributed by atoms with Gasteiger partial charge in [-0.1, -0.05) is 0 Å². The number of hydrogen-bond donors (Lipinski definition) is 1. The first kappa shape index (κ1) is 12.8. The molecule has 2 atom stereocenters. The maximum absolute atomic E-state index is 11.8. The molecule has 1 N–H and O–H groups in total. The van der Waals surface area contributed by atoms with E-state index in [0.717, 1.165) is 3.70 Å². The van der Waals surface area contributed by atoms with E-state index in [1.807, 2.05) is 13.8 Å². The van der Waals surface area contributed by atoms with Gasteiger partial charge in [-0.25, -0.2) is 0 Å². The molecule has 4 nitrogen and oxygen atoms in total. The van der Waals surface area contributed by atoms with Crippen LogP contribution in [0.5, 0.6) is 0 Å². The Bertz CT molecular complexity index is 364. The number of halogens is 2. The molecule has 0 saturated carbocycles. The minimum Gasteiger partial charge on any atom is -0.348 e. The summed E-state index contributed by atoms with van der Waals surface area (Å²) in [5, 5.41) is 6.73. The average molecular weight is 342 g/mol. The number of alkyl halides is 1. The fraction of sp³-hybridized carbons (Fsp3) is 0.556. The quantitative estimate of drug-likeness (QED) is 0.673. The van der Waals surface area contributed by atoms with Gasteiger partial charge in [0.1, 0.15) is 3.70 Å². The van der Waals surface area contributed by atoms with Crippen LogP contribution in [0.4, 0.5) is 0 Å². The van der Waals surface area contributed by atoms with Crippen molar-refractivity contribution in [3.8, 4) is 0 Å². The van der Waals surface area contributed by atoms with E-state index in [-0.39, 0.29) is 17.3 Å². The largest absolute Gasteiger partial charge is 0.348 e. The first-order valence-corrected chi connectivity index (χ1v) is 6.07. The Hall–Kier alpha value is -0.300. The van der Waals surface area contributed by atoms with E-state index in [0.29, 0.717) is 5.56 Å². The molecular formula is C9H13ClIN3O. The topological polar surface area (TPSA) is 46.9 Å². The van der Waals surface area contributed by atoms with Gasteiger partial charge in [0, 0.05) is 13.1 Å².